The molecule has 21 heavy (non-hydrogen) atoms. The van der Waals surface area contributed by atoms with Gasteiger partial charge in [0.1, 0.15) is 24.2 Å². The van der Waals surface area contributed by atoms with Gasteiger partial charge in [-0.15, -0.1) is 0 Å². The van der Waals surface area contributed by atoms with Crippen molar-refractivity contribution in [3.63, 3.8) is 0 Å². The molecule has 2 rings (SSSR count). The van der Waals surface area contributed by atoms with Crippen molar-refractivity contribution in [2.75, 3.05) is 24.2 Å². The molecule has 5 nitrogen and oxygen atoms in total. The maximum atomic E-state index is 9.18. The second-order valence-electron chi connectivity index (χ2n) is 4.76. The van der Waals surface area contributed by atoms with Gasteiger partial charge in [-0.25, -0.2) is 4.98 Å². The van der Waals surface area contributed by atoms with Gasteiger partial charge in [-0.05, 0) is 49.7 Å². The van der Waals surface area contributed by atoms with Crippen LogP contribution in [0.4, 0.5) is 11.5 Å². The summed E-state index contributed by atoms with van der Waals surface area (Å²) in [7, 11) is 0. The maximum absolute atomic E-state index is 9.18. The number of nitrogens with one attached hydrogen (secondary N) is 1. The fourth-order valence-electron chi connectivity index (χ4n) is 2.01. The van der Waals surface area contributed by atoms with Crippen LogP contribution in [0.3, 0.4) is 0 Å². The molecule has 1 aromatic carbocycles. The van der Waals surface area contributed by atoms with Gasteiger partial charge in [0.2, 0.25) is 0 Å². The first kappa shape index (κ1) is 14.7. The van der Waals surface area contributed by atoms with E-state index in [2.05, 4.69) is 16.4 Å². The first-order valence-corrected chi connectivity index (χ1v) is 6.70. The number of hydrogen-bond acceptors (Lipinski definition) is 5. The van der Waals surface area contributed by atoms with E-state index in [1.807, 2.05) is 32.0 Å². The van der Waals surface area contributed by atoms with Crippen molar-refractivity contribution in [3.8, 4) is 11.8 Å². The summed E-state index contributed by atoms with van der Waals surface area (Å²) in [4.78, 5) is 4.36. The van der Waals surface area contributed by atoms with Crippen LogP contribution in [-0.4, -0.2) is 18.1 Å². The van der Waals surface area contributed by atoms with E-state index in [0.29, 0.717) is 30.2 Å². The second-order valence-corrected chi connectivity index (χ2v) is 4.76. The zero-order valence-electron chi connectivity index (χ0n) is 12.2. The van der Waals surface area contributed by atoms with Gasteiger partial charge in [-0.2, -0.15) is 5.26 Å². The minimum Gasteiger partial charge on any atom is -0.492 e. The Morgan fingerprint density at radius 2 is 2.00 bits per heavy atom. The Kier molecular flexibility index (Phi) is 4.62. The summed E-state index contributed by atoms with van der Waals surface area (Å²) in [5.74, 6) is 1.37. The number of nitrogens with zero attached hydrogens (tertiary/aromatic N) is 2. The molecular formula is C16H18N4O. The summed E-state index contributed by atoms with van der Waals surface area (Å²) < 4.78 is 5.59. The molecule has 0 spiro atoms. The van der Waals surface area contributed by atoms with Crippen LogP contribution in [0.15, 0.2) is 30.3 Å². The van der Waals surface area contributed by atoms with Crippen LogP contribution in [0.5, 0.6) is 5.75 Å². The van der Waals surface area contributed by atoms with Gasteiger partial charge in [-0.1, -0.05) is 0 Å². The maximum Gasteiger partial charge on any atom is 0.144 e. The van der Waals surface area contributed by atoms with E-state index in [4.69, 9.17) is 10.5 Å². The monoisotopic (exact) mass is 282 g/mol. The van der Waals surface area contributed by atoms with Crippen LogP contribution in [-0.2, 0) is 0 Å². The van der Waals surface area contributed by atoms with E-state index in [0.717, 1.165) is 17.0 Å². The number of anilines is 2. The van der Waals surface area contributed by atoms with E-state index < -0.39 is 0 Å². The van der Waals surface area contributed by atoms with Gasteiger partial charge >= 0.3 is 0 Å². The third-order valence-corrected chi connectivity index (χ3v) is 3.00. The third kappa shape index (κ3) is 3.86. The Hall–Kier alpha value is -2.74. The number of nitriles is 1. The number of pyridine rings is 1. The normalized spacial score (nSPS) is 9.95. The number of aryl methyl sites for hydroxylation is 2. The van der Waals surface area contributed by atoms with E-state index >= 15 is 0 Å². The Morgan fingerprint density at radius 1 is 1.29 bits per heavy atom. The van der Waals surface area contributed by atoms with Crippen molar-refractivity contribution < 1.29 is 4.74 Å². The van der Waals surface area contributed by atoms with E-state index in [9.17, 15) is 5.26 Å². The molecule has 0 aliphatic rings. The molecule has 5 heteroatoms. The molecule has 0 amide bonds. The fourth-order valence-corrected chi connectivity index (χ4v) is 2.01. The molecule has 0 fully saturated rings. The fraction of sp³-hybridized carbons (Fsp3) is 0.250. The van der Waals surface area contributed by atoms with Crippen LogP contribution in [0.1, 0.15) is 16.8 Å². The molecule has 0 bridgehead atoms. The van der Waals surface area contributed by atoms with Crippen LogP contribution in [0.25, 0.3) is 0 Å². The minimum atomic E-state index is 0.476. The zero-order chi connectivity index (χ0) is 15.2. The summed E-state index contributed by atoms with van der Waals surface area (Å²) in [6.07, 6.45) is 0. The molecule has 108 valence electrons. The Bertz CT molecular complexity index is 659. The van der Waals surface area contributed by atoms with E-state index in [1.54, 1.807) is 12.1 Å². The molecule has 0 aliphatic heterocycles. The van der Waals surface area contributed by atoms with Crippen molar-refractivity contribution in [2.45, 2.75) is 13.8 Å². The Balaban J connectivity index is 1.92. The highest BCUT2D eigenvalue weighted by atomic mass is 16.5. The lowest BCUT2D eigenvalue weighted by Gasteiger charge is -2.11. The Labute approximate surface area is 124 Å². The number of benzene rings is 1. The van der Waals surface area contributed by atoms with Crippen molar-refractivity contribution in [2.24, 2.45) is 0 Å². The van der Waals surface area contributed by atoms with Crippen molar-refractivity contribution in [3.05, 3.63) is 47.2 Å². The number of nitrogen functional groups attached to an aromatic ring is 1. The first-order chi connectivity index (χ1) is 10.1. The average molecular weight is 282 g/mol. The van der Waals surface area contributed by atoms with Crippen LogP contribution < -0.4 is 15.8 Å². The topological polar surface area (TPSA) is 84.0 Å². The van der Waals surface area contributed by atoms with E-state index in [1.165, 1.54) is 0 Å². The van der Waals surface area contributed by atoms with Gasteiger partial charge < -0.3 is 15.8 Å². The first-order valence-electron chi connectivity index (χ1n) is 6.70. The molecule has 3 N–H and O–H groups in total. The molecule has 0 radical (unpaired) electrons. The van der Waals surface area contributed by atoms with Gasteiger partial charge in [0, 0.05) is 11.4 Å². The molecule has 1 aromatic heterocycles. The molecule has 0 saturated heterocycles. The standard InChI is InChI=1S/C16H18N4O/c1-11-9-12(2)20-16(15(11)10-17)19-7-8-21-14-5-3-13(18)4-6-14/h3-6,9H,7-8,18H2,1-2H3,(H,19,20). The lowest BCUT2D eigenvalue weighted by Crippen LogP contribution is -2.14. The quantitative estimate of drug-likeness (QED) is 0.650. The number of nitrogens with two attached hydrogens (primary N) is 1. The van der Waals surface area contributed by atoms with Gasteiger partial charge in [0.15, 0.2) is 0 Å². The average Bonchev–Trinajstić information content (AvgIpc) is 2.45. The molecule has 0 saturated carbocycles. The summed E-state index contributed by atoms with van der Waals surface area (Å²) in [5.41, 5.74) is 8.70. The third-order valence-electron chi connectivity index (χ3n) is 3.00. The van der Waals surface area contributed by atoms with Crippen LogP contribution >= 0.6 is 0 Å². The predicted molar refractivity (Wildman–Crippen MR) is 83.3 cm³/mol. The molecule has 2 aromatic rings. The zero-order valence-corrected chi connectivity index (χ0v) is 12.2. The summed E-state index contributed by atoms with van der Waals surface area (Å²) in [5, 5.41) is 12.3. The molecule has 0 unspecified atom stereocenters. The highest BCUT2D eigenvalue weighted by Gasteiger charge is 2.07. The Morgan fingerprint density at radius 3 is 2.67 bits per heavy atom. The van der Waals surface area contributed by atoms with Crippen LogP contribution in [0.2, 0.25) is 0 Å². The van der Waals surface area contributed by atoms with Crippen molar-refractivity contribution in [1.82, 2.24) is 4.98 Å². The van der Waals surface area contributed by atoms with Gasteiger partial charge in [0.05, 0.1) is 12.1 Å². The lowest BCUT2D eigenvalue weighted by molar-refractivity contribution is 0.333. The molecular weight excluding hydrogens is 264 g/mol. The number of hydrogen-bond donors (Lipinski definition) is 2. The van der Waals surface area contributed by atoms with Gasteiger partial charge in [-0.3, -0.25) is 0 Å². The predicted octanol–water partition coefficient (Wildman–Crippen LogP) is 2.64. The largest absolute Gasteiger partial charge is 0.492 e. The molecule has 0 atom stereocenters. The van der Waals surface area contributed by atoms with Crippen molar-refractivity contribution in [1.29, 1.82) is 5.26 Å². The summed E-state index contributed by atoms with van der Waals surface area (Å²) >= 11 is 0. The van der Waals surface area contributed by atoms with Gasteiger partial charge in [0.25, 0.3) is 0 Å². The molecule has 1 heterocycles. The smallest absolute Gasteiger partial charge is 0.144 e. The number of rotatable bonds is 5. The van der Waals surface area contributed by atoms with E-state index in [-0.39, 0.29) is 0 Å². The number of aromatic nitrogens is 1. The SMILES string of the molecule is Cc1cc(C)c(C#N)c(NCCOc2ccc(N)cc2)n1. The second kappa shape index (κ2) is 6.62. The summed E-state index contributed by atoms with van der Waals surface area (Å²) in [6, 6.07) is 11.3. The van der Waals surface area contributed by atoms with Crippen molar-refractivity contribution >= 4 is 11.5 Å². The highest BCUT2D eigenvalue weighted by Crippen LogP contribution is 2.17. The molecule has 0 aliphatic carbocycles. The van der Waals surface area contributed by atoms with Crippen LogP contribution in [0, 0.1) is 25.2 Å². The highest BCUT2D eigenvalue weighted by molar-refractivity contribution is 5.56. The minimum absolute atomic E-state index is 0.476. The number of ether oxygens (including phenoxy) is 1. The lowest BCUT2D eigenvalue weighted by atomic mass is 10.1. The summed E-state index contributed by atoms with van der Waals surface area (Å²) in [6.45, 7) is 4.85.